The Morgan fingerprint density at radius 1 is 1.19 bits per heavy atom. The first-order valence-corrected chi connectivity index (χ1v) is 7.89. The average molecular weight is 323 g/mol. The van der Waals surface area contributed by atoms with Crippen molar-refractivity contribution in [3.63, 3.8) is 0 Å². The number of hydrogen-bond donors (Lipinski definition) is 0. The number of carbonyl (C=O) groups is 1. The van der Waals surface area contributed by atoms with Crippen LogP contribution >= 0.6 is 23.1 Å². The lowest BCUT2D eigenvalue weighted by atomic mass is 10.2. The zero-order valence-corrected chi connectivity index (χ0v) is 13.2. The summed E-state index contributed by atoms with van der Waals surface area (Å²) in [4.78, 5) is 20.8. The number of piperazine rings is 1. The molecule has 1 aromatic carbocycles. The number of halogens is 1. The second-order valence-corrected chi connectivity index (χ2v) is 6.08. The van der Waals surface area contributed by atoms with Crippen LogP contribution in [0.15, 0.2) is 24.3 Å². The summed E-state index contributed by atoms with van der Waals surface area (Å²) in [6.07, 6.45) is 0. The molecule has 1 amide bonds. The molecule has 0 radical (unpaired) electrons. The van der Waals surface area contributed by atoms with Gasteiger partial charge in [-0.25, -0.2) is 4.98 Å². The van der Waals surface area contributed by atoms with Crippen molar-refractivity contribution < 1.29 is 4.79 Å². The van der Waals surface area contributed by atoms with E-state index in [0.717, 1.165) is 24.0 Å². The number of hydrogen-bond acceptors (Lipinski definition) is 5. The minimum atomic E-state index is 0.0553. The molecule has 7 heteroatoms. The molecule has 5 nitrogen and oxygen atoms in total. The molecule has 2 heterocycles. The third-order valence-corrected chi connectivity index (χ3v) is 4.57. The van der Waals surface area contributed by atoms with Gasteiger partial charge in [0.15, 0.2) is 0 Å². The molecule has 0 bridgehead atoms. The highest BCUT2D eigenvalue weighted by atomic mass is 35.5. The number of amides is 1. The van der Waals surface area contributed by atoms with Crippen LogP contribution in [0.3, 0.4) is 0 Å². The van der Waals surface area contributed by atoms with Crippen molar-refractivity contribution in [3.8, 4) is 0 Å². The summed E-state index contributed by atoms with van der Waals surface area (Å²) in [5, 5.41) is 1.58. The maximum Gasteiger partial charge on any atom is 0.253 e. The van der Waals surface area contributed by atoms with Crippen molar-refractivity contribution >= 4 is 34.2 Å². The van der Waals surface area contributed by atoms with Gasteiger partial charge in [0.2, 0.25) is 5.13 Å². The lowest BCUT2D eigenvalue weighted by Gasteiger charge is -2.34. The highest BCUT2D eigenvalue weighted by molar-refractivity contribution is 7.09. The zero-order chi connectivity index (χ0) is 14.8. The molecule has 0 N–H and O–H groups in total. The second-order valence-electron chi connectivity index (χ2n) is 4.91. The van der Waals surface area contributed by atoms with E-state index >= 15 is 0 Å². The van der Waals surface area contributed by atoms with Crippen LogP contribution in [-0.2, 0) is 0 Å². The van der Waals surface area contributed by atoms with Gasteiger partial charge in [0.1, 0.15) is 5.82 Å². The third kappa shape index (κ3) is 3.16. The van der Waals surface area contributed by atoms with E-state index < -0.39 is 0 Å². The molecule has 0 saturated carbocycles. The predicted molar refractivity (Wildman–Crippen MR) is 84.2 cm³/mol. The van der Waals surface area contributed by atoms with Crippen LogP contribution in [0.5, 0.6) is 0 Å². The van der Waals surface area contributed by atoms with E-state index in [9.17, 15) is 4.79 Å². The fraction of sp³-hybridized carbons (Fsp3) is 0.357. The van der Waals surface area contributed by atoms with E-state index in [1.165, 1.54) is 11.5 Å². The van der Waals surface area contributed by atoms with Crippen LogP contribution in [0.2, 0.25) is 5.02 Å². The van der Waals surface area contributed by atoms with E-state index in [1.54, 1.807) is 24.3 Å². The number of aromatic nitrogens is 2. The summed E-state index contributed by atoms with van der Waals surface area (Å²) < 4.78 is 4.20. The first-order valence-electron chi connectivity index (χ1n) is 6.73. The van der Waals surface area contributed by atoms with Crippen LogP contribution in [-0.4, -0.2) is 46.3 Å². The van der Waals surface area contributed by atoms with Crippen LogP contribution in [0.1, 0.15) is 16.2 Å². The monoisotopic (exact) mass is 322 g/mol. The van der Waals surface area contributed by atoms with Gasteiger partial charge in [-0.1, -0.05) is 11.6 Å². The Labute approximate surface area is 132 Å². The molecule has 2 aromatic rings. The van der Waals surface area contributed by atoms with Gasteiger partial charge in [-0.2, -0.15) is 4.37 Å². The van der Waals surface area contributed by atoms with Crippen molar-refractivity contribution in [2.45, 2.75) is 6.92 Å². The van der Waals surface area contributed by atoms with Gasteiger partial charge in [0, 0.05) is 48.3 Å². The van der Waals surface area contributed by atoms with Crippen LogP contribution < -0.4 is 4.90 Å². The van der Waals surface area contributed by atoms with Crippen molar-refractivity contribution in [2.75, 3.05) is 31.1 Å². The summed E-state index contributed by atoms with van der Waals surface area (Å²) in [7, 11) is 0. The Morgan fingerprint density at radius 2 is 1.86 bits per heavy atom. The third-order valence-electron chi connectivity index (χ3n) is 3.45. The Morgan fingerprint density at radius 3 is 2.43 bits per heavy atom. The Hall–Kier alpha value is -1.66. The van der Waals surface area contributed by atoms with Crippen LogP contribution in [0.4, 0.5) is 5.13 Å². The average Bonchev–Trinajstić information content (AvgIpc) is 2.94. The molecule has 21 heavy (non-hydrogen) atoms. The standard InChI is InChI=1S/C14H15ClN4OS/c1-10-16-14(21-17-10)19-8-6-18(7-9-19)13(20)11-2-4-12(15)5-3-11/h2-5H,6-9H2,1H3. The lowest BCUT2D eigenvalue weighted by Crippen LogP contribution is -2.48. The normalized spacial score (nSPS) is 15.3. The van der Waals surface area contributed by atoms with E-state index in [0.29, 0.717) is 23.7 Å². The largest absolute Gasteiger partial charge is 0.343 e. The van der Waals surface area contributed by atoms with Crippen molar-refractivity contribution in [3.05, 3.63) is 40.7 Å². The summed E-state index contributed by atoms with van der Waals surface area (Å²) in [5.41, 5.74) is 0.680. The van der Waals surface area contributed by atoms with E-state index in [4.69, 9.17) is 11.6 Å². The zero-order valence-electron chi connectivity index (χ0n) is 11.6. The highest BCUT2D eigenvalue weighted by Crippen LogP contribution is 2.19. The van der Waals surface area contributed by atoms with E-state index in [1.807, 2.05) is 11.8 Å². The Kier molecular flexibility index (Phi) is 4.07. The minimum absolute atomic E-state index is 0.0553. The van der Waals surface area contributed by atoms with Gasteiger partial charge in [-0.15, -0.1) is 0 Å². The summed E-state index contributed by atoms with van der Waals surface area (Å²) in [5.74, 6) is 0.856. The van der Waals surface area contributed by atoms with Crippen molar-refractivity contribution in [1.82, 2.24) is 14.3 Å². The van der Waals surface area contributed by atoms with E-state index in [2.05, 4.69) is 14.3 Å². The van der Waals surface area contributed by atoms with E-state index in [-0.39, 0.29) is 5.91 Å². The number of rotatable bonds is 2. The fourth-order valence-electron chi connectivity index (χ4n) is 2.29. The molecule has 1 fully saturated rings. The highest BCUT2D eigenvalue weighted by Gasteiger charge is 2.23. The van der Waals surface area contributed by atoms with Gasteiger partial charge in [0.25, 0.3) is 5.91 Å². The summed E-state index contributed by atoms with van der Waals surface area (Å²) >= 11 is 7.26. The molecular weight excluding hydrogens is 308 g/mol. The molecule has 0 unspecified atom stereocenters. The molecule has 0 atom stereocenters. The maximum absolute atomic E-state index is 12.4. The number of nitrogens with zero attached hydrogens (tertiary/aromatic N) is 4. The second kappa shape index (κ2) is 5.99. The van der Waals surface area contributed by atoms with Gasteiger partial charge >= 0.3 is 0 Å². The number of anilines is 1. The first kappa shape index (κ1) is 14.3. The van der Waals surface area contributed by atoms with Crippen LogP contribution in [0.25, 0.3) is 0 Å². The van der Waals surface area contributed by atoms with Gasteiger partial charge in [-0.3, -0.25) is 4.79 Å². The smallest absolute Gasteiger partial charge is 0.253 e. The molecular formula is C14H15ClN4OS. The Balaban J connectivity index is 1.63. The topological polar surface area (TPSA) is 49.3 Å². The minimum Gasteiger partial charge on any atom is -0.343 e. The maximum atomic E-state index is 12.4. The molecule has 3 rings (SSSR count). The number of carbonyl (C=O) groups excluding carboxylic acids is 1. The van der Waals surface area contributed by atoms with Gasteiger partial charge in [-0.05, 0) is 31.2 Å². The number of aryl methyl sites for hydroxylation is 1. The van der Waals surface area contributed by atoms with Gasteiger partial charge in [0.05, 0.1) is 0 Å². The van der Waals surface area contributed by atoms with Crippen molar-refractivity contribution in [1.29, 1.82) is 0 Å². The van der Waals surface area contributed by atoms with Crippen LogP contribution in [0, 0.1) is 6.92 Å². The molecule has 0 aliphatic carbocycles. The molecule has 1 aromatic heterocycles. The molecule has 0 spiro atoms. The van der Waals surface area contributed by atoms with Gasteiger partial charge < -0.3 is 9.80 Å². The molecule has 110 valence electrons. The summed E-state index contributed by atoms with van der Waals surface area (Å²) in [6.45, 7) is 4.85. The summed E-state index contributed by atoms with van der Waals surface area (Å²) in [6, 6.07) is 7.03. The Bertz CT molecular complexity index is 635. The quantitative estimate of drug-likeness (QED) is 0.852. The predicted octanol–water partition coefficient (Wildman–Crippen LogP) is 2.46. The number of benzene rings is 1. The fourth-order valence-corrected chi connectivity index (χ4v) is 3.14. The lowest BCUT2D eigenvalue weighted by molar-refractivity contribution is 0.0747. The van der Waals surface area contributed by atoms with Crippen molar-refractivity contribution in [2.24, 2.45) is 0 Å². The molecule has 1 aliphatic rings. The SMILES string of the molecule is Cc1nsc(N2CCN(C(=O)c3ccc(Cl)cc3)CC2)n1. The molecule has 1 saturated heterocycles. The first-order chi connectivity index (χ1) is 10.1. The molecule has 1 aliphatic heterocycles.